The molecule has 5 nitrogen and oxygen atoms in total. The average molecular weight is 309 g/mol. The number of piperidine rings is 1. The molecule has 2 aliphatic heterocycles. The Morgan fingerprint density at radius 1 is 1.44 bits per heavy atom. The Labute approximate surface area is 111 Å². The predicted molar refractivity (Wildman–Crippen MR) is 70.6 cm³/mol. The van der Waals surface area contributed by atoms with Gasteiger partial charge >= 0.3 is 111 Å². The zero-order chi connectivity index (χ0) is 12.4. The second kappa shape index (κ2) is 5.18. The van der Waals surface area contributed by atoms with Gasteiger partial charge in [-0.15, -0.1) is 0 Å². The molecule has 1 atom stereocenters. The maximum absolute atomic E-state index is 12.1. The van der Waals surface area contributed by atoms with Crippen LogP contribution >= 0.6 is 0 Å². The van der Waals surface area contributed by atoms with Gasteiger partial charge in [0, 0.05) is 0 Å². The van der Waals surface area contributed by atoms with Gasteiger partial charge in [-0.25, -0.2) is 0 Å². The van der Waals surface area contributed by atoms with Crippen molar-refractivity contribution in [3.05, 3.63) is 18.2 Å². The van der Waals surface area contributed by atoms with Gasteiger partial charge in [0.25, 0.3) is 0 Å². The molecule has 0 radical (unpaired) electrons. The van der Waals surface area contributed by atoms with Crippen LogP contribution in [0.15, 0.2) is 26.1 Å². The summed E-state index contributed by atoms with van der Waals surface area (Å²) in [6, 6.07) is 5.74. The van der Waals surface area contributed by atoms with Crippen LogP contribution in [-0.2, 0) is 4.79 Å². The van der Waals surface area contributed by atoms with E-state index in [1.54, 1.807) is 0 Å². The first-order valence-electron chi connectivity index (χ1n) is 6.07. The number of nitrogens with zero attached hydrogens (tertiary/aromatic N) is 2. The van der Waals surface area contributed by atoms with Crippen LogP contribution in [0.25, 0.3) is 0 Å². The second-order valence-corrected chi connectivity index (χ2v) is 5.58. The van der Waals surface area contributed by atoms with Gasteiger partial charge in [-0.2, -0.15) is 0 Å². The van der Waals surface area contributed by atoms with E-state index >= 15 is 0 Å². The molecule has 1 fully saturated rings. The molecule has 1 saturated heterocycles. The first-order chi connectivity index (χ1) is 8.84. The Kier molecular flexibility index (Phi) is 3.41. The number of amides is 1. The van der Waals surface area contributed by atoms with Gasteiger partial charge in [-0.3, -0.25) is 0 Å². The third kappa shape index (κ3) is 2.32. The molecule has 2 N–H and O–H groups in total. The van der Waals surface area contributed by atoms with E-state index in [0.29, 0.717) is 0 Å². The number of benzene rings is 1. The third-order valence-electron chi connectivity index (χ3n) is 3.21. The summed E-state index contributed by atoms with van der Waals surface area (Å²) < 4.78 is 8.67. The Morgan fingerprint density at radius 2 is 2.39 bits per heavy atom. The van der Waals surface area contributed by atoms with E-state index in [1.807, 2.05) is 18.2 Å². The van der Waals surface area contributed by atoms with Gasteiger partial charge in [-0.05, 0) is 0 Å². The van der Waals surface area contributed by atoms with Crippen molar-refractivity contribution in [2.24, 2.45) is 13.8 Å². The van der Waals surface area contributed by atoms with Crippen LogP contribution in [0.5, 0.6) is 0 Å². The van der Waals surface area contributed by atoms with Crippen molar-refractivity contribution < 1.29 is 4.79 Å². The number of rotatable bonds is 2. The SMILES string of the molecule is O=C(Nc1cccc2c1N=[Se]=N2)[C@@H]1CCCNC1. The van der Waals surface area contributed by atoms with Gasteiger partial charge in [0.1, 0.15) is 0 Å². The molecule has 6 heteroatoms. The molecule has 1 aromatic carbocycles. The van der Waals surface area contributed by atoms with Crippen LogP contribution in [0.1, 0.15) is 12.8 Å². The molecule has 0 bridgehead atoms. The fourth-order valence-corrected chi connectivity index (χ4v) is 3.37. The van der Waals surface area contributed by atoms with Gasteiger partial charge in [0.15, 0.2) is 0 Å². The number of fused-ring (bicyclic) bond motifs is 1. The third-order valence-corrected chi connectivity index (χ3v) is 4.35. The van der Waals surface area contributed by atoms with Crippen molar-refractivity contribution >= 4 is 37.5 Å². The van der Waals surface area contributed by atoms with Gasteiger partial charge in [0.2, 0.25) is 0 Å². The van der Waals surface area contributed by atoms with Gasteiger partial charge < -0.3 is 0 Å². The first-order valence-corrected chi connectivity index (χ1v) is 7.60. The number of carbonyl (C=O) groups excluding carboxylic acids is 1. The molecule has 0 spiro atoms. The maximum atomic E-state index is 12.1. The van der Waals surface area contributed by atoms with Gasteiger partial charge in [0.05, 0.1) is 0 Å². The van der Waals surface area contributed by atoms with Crippen molar-refractivity contribution in [3.8, 4) is 0 Å². The summed E-state index contributed by atoms with van der Waals surface area (Å²) in [4.78, 5) is 12.1. The normalized spacial score (nSPS) is 21.2. The topological polar surface area (TPSA) is 65.8 Å². The monoisotopic (exact) mass is 310 g/mol. The molecule has 0 aliphatic carbocycles. The summed E-state index contributed by atoms with van der Waals surface area (Å²) in [5.41, 5.74) is 2.54. The van der Waals surface area contributed by atoms with Crippen molar-refractivity contribution in [2.75, 3.05) is 18.4 Å². The molecule has 18 heavy (non-hydrogen) atoms. The van der Waals surface area contributed by atoms with Crippen molar-refractivity contribution in [1.82, 2.24) is 5.32 Å². The van der Waals surface area contributed by atoms with E-state index in [4.69, 9.17) is 0 Å². The van der Waals surface area contributed by atoms with Crippen LogP contribution in [0.4, 0.5) is 17.1 Å². The number of hydrogen-bond acceptors (Lipinski definition) is 4. The van der Waals surface area contributed by atoms with Crippen LogP contribution in [0.3, 0.4) is 0 Å². The van der Waals surface area contributed by atoms with E-state index in [0.717, 1.165) is 43.0 Å². The predicted octanol–water partition coefficient (Wildman–Crippen LogP) is 1.97. The van der Waals surface area contributed by atoms with Crippen LogP contribution < -0.4 is 10.6 Å². The number of anilines is 1. The van der Waals surface area contributed by atoms with Crippen LogP contribution in [0, 0.1) is 5.92 Å². The second-order valence-electron chi connectivity index (χ2n) is 4.47. The number of nitrogens with one attached hydrogen (secondary N) is 2. The number of hydrogen-bond donors (Lipinski definition) is 2. The average Bonchev–Trinajstić information content (AvgIpc) is 2.89. The minimum atomic E-state index is -0.0600. The van der Waals surface area contributed by atoms with E-state index < -0.39 is 0 Å². The Bertz CT molecular complexity index is 545. The molecule has 0 saturated carbocycles. The van der Waals surface area contributed by atoms with E-state index in [1.165, 1.54) is 0 Å². The summed E-state index contributed by atoms with van der Waals surface area (Å²) in [6.07, 6.45) is 2.02. The standard InChI is InChI=1S/C12H14N4OSe/c17-12(8-3-2-6-13-7-8)14-9-4-1-5-10-11(9)16-18-15-10/h1,4-5,8,13H,2-3,6-7H2,(H,14,17)/t8-/m1/s1. The fraction of sp³-hybridized carbons (Fsp3) is 0.417. The summed E-state index contributed by atoms with van der Waals surface area (Å²) in [6.45, 7) is 1.79. The first kappa shape index (κ1) is 11.8. The molecule has 1 amide bonds. The van der Waals surface area contributed by atoms with E-state index in [2.05, 4.69) is 18.6 Å². The molecule has 1 aromatic rings. The zero-order valence-corrected chi connectivity index (χ0v) is 11.6. The Hall–Kier alpha value is -1.23. The Morgan fingerprint density at radius 3 is 3.22 bits per heavy atom. The van der Waals surface area contributed by atoms with Gasteiger partial charge in [-0.1, -0.05) is 0 Å². The van der Waals surface area contributed by atoms with Crippen molar-refractivity contribution in [2.45, 2.75) is 12.8 Å². The molecule has 0 unspecified atom stereocenters. The molecule has 94 valence electrons. The molecule has 3 rings (SSSR count). The molecule has 2 aliphatic rings. The molecular weight excluding hydrogens is 295 g/mol. The van der Waals surface area contributed by atoms with Crippen LogP contribution in [0.2, 0.25) is 0 Å². The molecule has 2 heterocycles. The number of carbonyl (C=O) groups is 1. The molecular formula is C12H14N4OSe. The summed E-state index contributed by atoms with van der Waals surface area (Å²) in [5.74, 6) is 0.156. The molecule has 0 aromatic heterocycles. The van der Waals surface area contributed by atoms with Crippen molar-refractivity contribution in [3.63, 3.8) is 0 Å². The zero-order valence-electron chi connectivity index (χ0n) is 9.85. The quantitative estimate of drug-likeness (QED) is 0.833. The summed E-state index contributed by atoms with van der Waals surface area (Å²) >= 11 is -0.0600. The van der Waals surface area contributed by atoms with E-state index in [9.17, 15) is 4.79 Å². The fourth-order valence-electron chi connectivity index (χ4n) is 2.22. The summed E-state index contributed by atoms with van der Waals surface area (Å²) in [5, 5.41) is 6.24. The van der Waals surface area contributed by atoms with Crippen molar-refractivity contribution in [1.29, 1.82) is 0 Å². The van der Waals surface area contributed by atoms with E-state index in [-0.39, 0.29) is 26.4 Å². The minimum absolute atomic E-state index is 0.0600. The van der Waals surface area contributed by atoms with Crippen LogP contribution in [-0.4, -0.2) is 33.6 Å². The summed E-state index contributed by atoms with van der Waals surface area (Å²) in [7, 11) is 0. The Balaban J connectivity index is 1.75.